The maximum Gasteiger partial charge on any atom is 0.302 e. The average molecular weight is 217 g/mol. The third-order valence-electron chi connectivity index (χ3n) is 1.87. The van der Waals surface area contributed by atoms with Gasteiger partial charge in [0.05, 0.1) is 0 Å². The lowest BCUT2D eigenvalue weighted by molar-refractivity contribution is -0.139. The fraction of sp³-hybridized carbons (Fsp3) is 0.154. The lowest BCUT2D eigenvalue weighted by Gasteiger charge is -1.90. The molecule has 0 spiro atoms. The Morgan fingerprint density at radius 3 is 2.75 bits per heavy atom. The molecular formula is C13H15NO2. The van der Waals surface area contributed by atoms with Crippen molar-refractivity contribution < 1.29 is 9.53 Å². The van der Waals surface area contributed by atoms with Gasteiger partial charge in [-0.2, -0.15) is 0 Å². The van der Waals surface area contributed by atoms with Crippen LogP contribution in [0.4, 0.5) is 0 Å². The van der Waals surface area contributed by atoms with E-state index in [0.29, 0.717) is 6.61 Å². The summed E-state index contributed by atoms with van der Waals surface area (Å²) in [5, 5.41) is 1.28. The van der Waals surface area contributed by atoms with Gasteiger partial charge in [-0.15, -0.1) is 0 Å². The van der Waals surface area contributed by atoms with Crippen molar-refractivity contribution in [2.75, 3.05) is 6.61 Å². The third kappa shape index (κ3) is 4.00. The van der Waals surface area contributed by atoms with Gasteiger partial charge in [0.2, 0.25) is 0 Å². The zero-order valence-corrected chi connectivity index (χ0v) is 9.27. The van der Waals surface area contributed by atoms with E-state index in [2.05, 4.69) is 34.5 Å². The molecule has 0 aliphatic carbocycles. The largest absolute Gasteiger partial charge is 0.462 e. The first kappa shape index (κ1) is 12.0. The molecule has 1 N–H and O–H groups in total. The fourth-order valence-electron chi connectivity index (χ4n) is 1.17. The summed E-state index contributed by atoms with van der Waals surface area (Å²) in [6.45, 7) is 5.03. The number of carbonyl (C=O) groups excluding carboxylic acids is 1. The summed E-state index contributed by atoms with van der Waals surface area (Å²) < 4.78 is 4.43. The Morgan fingerprint density at radius 2 is 2.19 bits per heavy atom. The Morgan fingerprint density at radius 1 is 1.44 bits per heavy atom. The molecule has 0 aliphatic rings. The van der Waals surface area contributed by atoms with Crippen molar-refractivity contribution >= 4 is 16.9 Å². The first-order valence-electron chi connectivity index (χ1n) is 5.00. The predicted molar refractivity (Wildman–Crippen MR) is 65.1 cm³/mol. The Bertz CT molecular complexity index is 429. The number of aromatic amines is 1. The molecule has 84 valence electrons. The van der Waals surface area contributed by atoms with Crippen LogP contribution >= 0.6 is 0 Å². The van der Waals surface area contributed by atoms with E-state index >= 15 is 0 Å². The summed E-state index contributed by atoms with van der Waals surface area (Å²) in [5.74, 6) is -0.264. The minimum atomic E-state index is -0.264. The molecule has 1 aromatic heterocycles. The van der Waals surface area contributed by atoms with Crippen molar-refractivity contribution in [2.24, 2.45) is 0 Å². The van der Waals surface area contributed by atoms with Crippen LogP contribution in [0.15, 0.2) is 49.2 Å². The highest BCUT2D eigenvalue weighted by Gasteiger charge is 1.86. The molecule has 0 saturated carbocycles. The molecular weight excluding hydrogens is 202 g/mol. The van der Waals surface area contributed by atoms with Crippen molar-refractivity contribution in [3.63, 3.8) is 0 Å². The summed E-state index contributed by atoms with van der Waals surface area (Å²) in [6, 6.07) is 10.3. The van der Waals surface area contributed by atoms with Gasteiger partial charge in [0.15, 0.2) is 0 Å². The van der Waals surface area contributed by atoms with Crippen LogP contribution in [0.1, 0.15) is 6.92 Å². The van der Waals surface area contributed by atoms with E-state index in [4.69, 9.17) is 0 Å². The smallest absolute Gasteiger partial charge is 0.302 e. The minimum absolute atomic E-state index is 0.264. The molecule has 2 rings (SSSR count). The molecule has 0 bridgehead atoms. The van der Waals surface area contributed by atoms with Crippen LogP contribution in [0, 0.1) is 0 Å². The standard InChI is InChI=1S/C8H7N.C5H8O2/c1-2-4-8-7(3-1)5-6-9-8;1-3-4-7-5(2)6/h1-6,9H;3H,1,4H2,2H3. The quantitative estimate of drug-likeness (QED) is 0.620. The van der Waals surface area contributed by atoms with Crippen LogP contribution in [-0.2, 0) is 9.53 Å². The third-order valence-corrected chi connectivity index (χ3v) is 1.87. The summed E-state index contributed by atoms with van der Waals surface area (Å²) in [7, 11) is 0. The van der Waals surface area contributed by atoms with Gasteiger partial charge in [-0.05, 0) is 17.5 Å². The second-order valence-corrected chi connectivity index (χ2v) is 3.16. The van der Waals surface area contributed by atoms with Crippen molar-refractivity contribution in [3.8, 4) is 0 Å². The number of H-pyrrole nitrogens is 1. The van der Waals surface area contributed by atoms with Gasteiger partial charge in [-0.25, -0.2) is 0 Å². The summed E-state index contributed by atoms with van der Waals surface area (Å²) in [4.78, 5) is 13.1. The van der Waals surface area contributed by atoms with Gasteiger partial charge < -0.3 is 9.72 Å². The number of para-hydroxylation sites is 1. The first-order valence-corrected chi connectivity index (χ1v) is 5.00. The minimum Gasteiger partial charge on any atom is -0.462 e. The normalized spacial score (nSPS) is 9.06. The molecule has 3 nitrogen and oxygen atoms in total. The van der Waals surface area contributed by atoms with Crippen LogP contribution in [0.25, 0.3) is 10.9 Å². The number of hydrogen-bond donors (Lipinski definition) is 1. The van der Waals surface area contributed by atoms with E-state index in [-0.39, 0.29) is 5.97 Å². The number of fused-ring (bicyclic) bond motifs is 1. The molecule has 1 aromatic carbocycles. The van der Waals surface area contributed by atoms with Gasteiger partial charge in [-0.3, -0.25) is 4.79 Å². The van der Waals surface area contributed by atoms with Crippen LogP contribution in [0.5, 0.6) is 0 Å². The maximum absolute atomic E-state index is 9.93. The number of esters is 1. The summed E-state index contributed by atoms with van der Waals surface area (Å²) >= 11 is 0. The molecule has 2 aromatic rings. The second-order valence-electron chi connectivity index (χ2n) is 3.16. The van der Waals surface area contributed by atoms with E-state index in [1.807, 2.05) is 18.3 Å². The Kier molecular flexibility index (Phi) is 4.86. The monoisotopic (exact) mass is 217 g/mol. The van der Waals surface area contributed by atoms with Crippen molar-refractivity contribution in [2.45, 2.75) is 6.92 Å². The van der Waals surface area contributed by atoms with E-state index < -0.39 is 0 Å². The number of ether oxygens (including phenoxy) is 1. The SMILES string of the molecule is C=CCOC(C)=O.c1ccc2[nH]ccc2c1. The van der Waals surface area contributed by atoms with Crippen molar-refractivity contribution in [1.82, 2.24) is 4.98 Å². The topological polar surface area (TPSA) is 42.1 Å². The molecule has 0 saturated heterocycles. The highest BCUT2D eigenvalue weighted by molar-refractivity contribution is 5.78. The molecule has 0 atom stereocenters. The Balaban J connectivity index is 0.000000168. The number of nitrogens with one attached hydrogen (secondary N) is 1. The lowest BCUT2D eigenvalue weighted by atomic mass is 10.3. The number of hydrogen-bond acceptors (Lipinski definition) is 2. The van der Waals surface area contributed by atoms with Crippen molar-refractivity contribution in [3.05, 3.63) is 49.2 Å². The van der Waals surface area contributed by atoms with Gasteiger partial charge in [-0.1, -0.05) is 30.9 Å². The molecule has 1 heterocycles. The van der Waals surface area contributed by atoms with Crippen molar-refractivity contribution in [1.29, 1.82) is 0 Å². The molecule has 0 radical (unpaired) electrons. The number of rotatable bonds is 2. The Labute approximate surface area is 94.7 Å². The van der Waals surface area contributed by atoms with E-state index in [1.165, 1.54) is 23.9 Å². The highest BCUT2D eigenvalue weighted by atomic mass is 16.5. The maximum atomic E-state index is 9.93. The van der Waals surface area contributed by atoms with E-state index in [0.717, 1.165) is 0 Å². The van der Waals surface area contributed by atoms with E-state index in [1.54, 1.807) is 0 Å². The number of aromatic nitrogens is 1. The number of benzene rings is 1. The molecule has 3 heteroatoms. The average Bonchev–Trinajstić information content (AvgIpc) is 2.75. The molecule has 0 fully saturated rings. The predicted octanol–water partition coefficient (Wildman–Crippen LogP) is 2.90. The van der Waals surface area contributed by atoms with Gasteiger partial charge in [0, 0.05) is 18.6 Å². The van der Waals surface area contributed by atoms with Gasteiger partial charge >= 0.3 is 5.97 Å². The fourth-order valence-corrected chi connectivity index (χ4v) is 1.17. The second kappa shape index (κ2) is 6.45. The molecule has 16 heavy (non-hydrogen) atoms. The van der Waals surface area contributed by atoms with Crippen LogP contribution in [0.2, 0.25) is 0 Å². The summed E-state index contributed by atoms with van der Waals surface area (Å²) in [6.07, 6.45) is 3.48. The highest BCUT2D eigenvalue weighted by Crippen LogP contribution is 2.09. The molecule has 0 amide bonds. The van der Waals surface area contributed by atoms with Crippen LogP contribution in [0.3, 0.4) is 0 Å². The first-order chi connectivity index (χ1) is 7.74. The molecule has 0 unspecified atom stereocenters. The van der Waals surface area contributed by atoms with Crippen LogP contribution < -0.4 is 0 Å². The molecule has 0 aliphatic heterocycles. The zero-order chi connectivity index (χ0) is 11.8. The van der Waals surface area contributed by atoms with E-state index in [9.17, 15) is 4.79 Å². The number of carbonyl (C=O) groups is 1. The van der Waals surface area contributed by atoms with Gasteiger partial charge in [0.1, 0.15) is 6.61 Å². The zero-order valence-electron chi connectivity index (χ0n) is 9.27. The Hall–Kier alpha value is -2.03. The summed E-state index contributed by atoms with van der Waals surface area (Å²) in [5.41, 5.74) is 1.21. The van der Waals surface area contributed by atoms with Crippen LogP contribution in [-0.4, -0.2) is 17.6 Å². The lowest BCUT2D eigenvalue weighted by Crippen LogP contribution is -1.96. The van der Waals surface area contributed by atoms with Gasteiger partial charge in [0.25, 0.3) is 0 Å².